The highest BCUT2D eigenvalue weighted by Gasteiger charge is 2.04. The molecule has 0 aliphatic heterocycles. The van der Waals surface area contributed by atoms with Gasteiger partial charge < -0.3 is 10.1 Å². The molecular formula is C16H19BrN2O. The molecule has 2 aromatic rings. The predicted molar refractivity (Wildman–Crippen MR) is 85.2 cm³/mol. The zero-order valence-corrected chi connectivity index (χ0v) is 13.6. The van der Waals surface area contributed by atoms with Gasteiger partial charge in [0.1, 0.15) is 5.75 Å². The van der Waals surface area contributed by atoms with Crippen molar-refractivity contribution in [2.24, 2.45) is 0 Å². The van der Waals surface area contributed by atoms with Crippen molar-refractivity contribution in [3.05, 3.63) is 52.1 Å². The largest absolute Gasteiger partial charge is 0.439 e. The van der Waals surface area contributed by atoms with Gasteiger partial charge in [-0.25, -0.2) is 4.98 Å². The van der Waals surface area contributed by atoms with Crippen LogP contribution in [0.25, 0.3) is 0 Å². The van der Waals surface area contributed by atoms with Gasteiger partial charge in [0.25, 0.3) is 0 Å². The normalized spacial score (nSPS) is 10.8. The van der Waals surface area contributed by atoms with Crippen LogP contribution in [0.5, 0.6) is 11.6 Å². The highest BCUT2D eigenvalue weighted by atomic mass is 79.9. The fourth-order valence-electron chi connectivity index (χ4n) is 1.83. The lowest BCUT2D eigenvalue weighted by Gasteiger charge is -2.11. The highest BCUT2D eigenvalue weighted by molar-refractivity contribution is 9.10. The van der Waals surface area contributed by atoms with Crippen LogP contribution < -0.4 is 10.1 Å². The van der Waals surface area contributed by atoms with Crippen molar-refractivity contribution < 1.29 is 4.74 Å². The van der Waals surface area contributed by atoms with Gasteiger partial charge in [0.2, 0.25) is 5.88 Å². The standard InChI is InChI=1S/C16H19BrN2O/c1-11(2)18-10-13-7-12(3)19-16(8-13)20-15-6-4-5-14(17)9-15/h4-9,11,18H,10H2,1-3H3. The minimum absolute atomic E-state index is 0.456. The maximum atomic E-state index is 5.82. The molecule has 1 heterocycles. The molecule has 0 radical (unpaired) electrons. The maximum absolute atomic E-state index is 5.82. The molecule has 4 heteroatoms. The summed E-state index contributed by atoms with van der Waals surface area (Å²) in [7, 11) is 0. The van der Waals surface area contributed by atoms with Crippen molar-refractivity contribution in [3.63, 3.8) is 0 Å². The van der Waals surface area contributed by atoms with E-state index in [4.69, 9.17) is 4.74 Å². The third-order valence-corrected chi connectivity index (χ3v) is 3.22. The Bertz CT molecular complexity index is 584. The first-order valence-electron chi connectivity index (χ1n) is 6.67. The van der Waals surface area contributed by atoms with Gasteiger partial charge in [0.15, 0.2) is 0 Å². The summed E-state index contributed by atoms with van der Waals surface area (Å²) in [5.41, 5.74) is 2.13. The monoisotopic (exact) mass is 334 g/mol. The Morgan fingerprint density at radius 1 is 1.25 bits per heavy atom. The molecule has 0 unspecified atom stereocenters. The quantitative estimate of drug-likeness (QED) is 0.877. The van der Waals surface area contributed by atoms with Gasteiger partial charge in [-0.3, -0.25) is 0 Å². The van der Waals surface area contributed by atoms with Gasteiger partial charge in [0, 0.05) is 28.8 Å². The van der Waals surface area contributed by atoms with Crippen LogP contribution in [0.4, 0.5) is 0 Å². The van der Waals surface area contributed by atoms with E-state index in [0.717, 1.165) is 22.5 Å². The fraction of sp³-hybridized carbons (Fsp3) is 0.312. The first-order chi connectivity index (χ1) is 9.52. The Kier molecular flexibility index (Phi) is 5.15. The zero-order valence-electron chi connectivity index (χ0n) is 12.0. The van der Waals surface area contributed by atoms with Crippen molar-refractivity contribution in [1.82, 2.24) is 10.3 Å². The van der Waals surface area contributed by atoms with Crippen LogP contribution in [0.3, 0.4) is 0 Å². The van der Waals surface area contributed by atoms with Crippen molar-refractivity contribution in [2.75, 3.05) is 0 Å². The second-order valence-electron chi connectivity index (χ2n) is 5.05. The maximum Gasteiger partial charge on any atom is 0.219 e. The first-order valence-corrected chi connectivity index (χ1v) is 7.46. The molecule has 0 aliphatic carbocycles. The van der Waals surface area contributed by atoms with E-state index in [2.05, 4.69) is 46.1 Å². The van der Waals surface area contributed by atoms with Gasteiger partial charge in [-0.15, -0.1) is 0 Å². The number of pyridine rings is 1. The van der Waals surface area contributed by atoms with Gasteiger partial charge in [0.05, 0.1) is 0 Å². The summed E-state index contributed by atoms with van der Waals surface area (Å²) in [4.78, 5) is 4.42. The van der Waals surface area contributed by atoms with Gasteiger partial charge in [-0.2, -0.15) is 0 Å². The molecule has 20 heavy (non-hydrogen) atoms. The summed E-state index contributed by atoms with van der Waals surface area (Å²) >= 11 is 3.43. The number of ether oxygens (including phenoxy) is 1. The lowest BCUT2D eigenvalue weighted by atomic mass is 10.2. The number of aryl methyl sites for hydroxylation is 1. The van der Waals surface area contributed by atoms with E-state index in [0.29, 0.717) is 11.9 Å². The number of halogens is 1. The van der Waals surface area contributed by atoms with Gasteiger partial charge >= 0.3 is 0 Å². The molecule has 1 N–H and O–H groups in total. The van der Waals surface area contributed by atoms with E-state index in [9.17, 15) is 0 Å². The number of benzene rings is 1. The summed E-state index contributed by atoms with van der Waals surface area (Å²) in [5, 5.41) is 3.40. The Hall–Kier alpha value is -1.39. The molecule has 0 fully saturated rings. The molecule has 0 bridgehead atoms. The molecule has 2 rings (SSSR count). The molecule has 1 aromatic heterocycles. The molecule has 0 spiro atoms. The van der Waals surface area contributed by atoms with Crippen LogP contribution in [-0.4, -0.2) is 11.0 Å². The average molecular weight is 335 g/mol. The van der Waals surface area contributed by atoms with Crippen LogP contribution in [0, 0.1) is 6.92 Å². The van der Waals surface area contributed by atoms with Gasteiger partial charge in [-0.1, -0.05) is 35.8 Å². The average Bonchev–Trinajstić information content (AvgIpc) is 2.35. The SMILES string of the molecule is Cc1cc(CNC(C)C)cc(Oc2cccc(Br)c2)n1. The summed E-state index contributed by atoms with van der Waals surface area (Å²) in [5.74, 6) is 1.41. The lowest BCUT2D eigenvalue weighted by molar-refractivity contribution is 0.459. The molecule has 0 aliphatic rings. The van der Waals surface area contributed by atoms with Crippen LogP contribution in [-0.2, 0) is 6.54 Å². The predicted octanol–water partition coefficient (Wildman–Crippen LogP) is 4.44. The van der Waals surface area contributed by atoms with Crippen LogP contribution in [0.2, 0.25) is 0 Å². The Morgan fingerprint density at radius 3 is 2.75 bits per heavy atom. The highest BCUT2D eigenvalue weighted by Crippen LogP contribution is 2.24. The topological polar surface area (TPSA) is 34.1 Å². The second-order valence-corrected chi connectivity index (χ2v) is 5.97. The molecule has 106 valence electrons. The number of nitrogens with zero attached hydrogens (tertiary/aromatic N) is 1. The summed E-state index contributed by atoms with van der Waals surface area (Å²) in [6, 6.07) is 12.3. The fourth-order valence-corrected chi connectivity index (χ4v) is 2.21. The van der Waals surface area contributed by atoms with E-state index in [1.54, 1.807) is 0 Å². The number of nitrogens with one attached hydrogen (secondary N) is 1. The molecular weight excluding hydrogens is 316 g/mol. The summed E-state index contributed by atoms with van der Waals surface area (Å²) in [6.07, 6.45) is 0. The van der Waals surface area contributed by atoms with E-state index in [-0.39, 0.29) is 0 Å². The third kappa shape index (κ3) is 4.62. The number of hydrogen-bond acceptors (Lipinski definition) is 3. The molecule has 1 aromatic carbocycles. The van der Waals surface area contributed by atoms with Crippen molar-refractivity contribution in [2.45, 2.75) is 33.4 Å². The Labute approximate surface area is 128 Å². The summed E-state index contributed by atoms with van der Waals surface area (Å²) < 4.78 is 6.81. The number of rotatable bonds is 5. The minimum atomic E-state index is 0.456. The van der Waals surface area contributed by atoms with Gasteiger partial charge in [-0.05, 0) is 36.8 Å². The third-order valence-electron chi connectivity index (χ3n) is 2.72. The Morgan fingerprint density at radius 2 is 2.05 bits per heavy atom. The van der Waals surface area contributed by atoms with Crippen molar-refractivity contribution in [1.29, 1.82) is 0 Å². The Balaban J connectivity index is 2.15. The molecule has 0 saturated heterocycles. The first kappa shape index (κ1) is 15.0. The zero-order chi connectivity index (χ0) is 14.5. The van der Waals surface area contributed by atoms with Crippen molar-refractivity contribution in [3.8, 4) is 11.6 Å². The molecule has 0 atom stereocenters. The lowest BCUT2D eigenvalue weighted by Crippen LogP contribution is -2.21. The van der Waals surface area contributed by atoms with E-state index in [1.807, 2.05) is 37.3 Å². The molecule has 0 amide bonds. The van der Waals surface area contributed by atoms with E-state index >= 15 is 0 Å². The molecule has 3 nitrogen and oxygen atoms in total. The van der Waals surface area contributed by atoms with Crippen molar-refractivity contribution >= 4 is 15.9 Å². The van der Waals surface area contributed by atoms with Crippen LogP contribution in [0.15, 0.2) is 40.9 Å². The van der Waals surface area contributed by atoms with E-state index < -0.39 is 0 Å². The number of aromatic nitrogens is 1. The second kappa shape index (κ2) is 6.86. The smallest absolute Gasteiger partial charge is 0.219 e. The molecule has 0 saturated carbocycles. The van der Waals surface area contributed by atoms with E-state index in [1.165, 1.54) is 5.56 Å². The number of hydrogen-bond donors (Lipinski definition) is 1. The van der Waals surface area contributed by atoms with Crippen LogP contribution in [0.1, 0.15) is 25.1 Å². The van der Waals surface area contributed by atoms with Crippen LogP contribution >= 0.6 is 15.9 Å². The minimum Gasteiger partial charge on any atom is -0.439 e. The summed E-state index contributed by atoms with van der Waals surface area (Å²) in [6.45, 7) is 7.06.